The summed E-state index contributed by atoms with van der Waals surface area (Å²) in [7, 11) is 1.64. The second-order valence-electron chi connectivity index (χ2n) is 6.70. The van der Waals surface area contributed by atoms with Crippen LogP contribution in [0.1, 0.15) is 58.1 Å². The van der Waals surface area contributed by atoms with Gasteiger partial charge in [-0.15, -0.1) is 0 Å². The third-order valence-electron chi connectivity index (χ3n) is 4.29. The Kier molecular flexibility index (Phi) is 7.05. The van der Waals surface area contributed by atoms with Crippen molar-refractivity contribution in [3.63, 3.8) is 0 Å². The molecular formula is C22H28O3. The van der Waals surface area contributed by atoms with Gasteiger partial charge in [-0.05, 0) is 70.2 Å². The van der Waals surface area contributed by atoms with Crippen LogP contribution in [0.3, 0.4) is 0 Å². The molecule has 1 heterocycles. The first-order valence-electron chi connectivity index (χ1n) is 8.84. The van der Waals surface area contributed by atoms with Crippen molar-refractivity contribution in [3.05, 3.63) is 64.8 Å². The predicted molar refractivity (Wildman–Crippen MR) is 102 cm³/mol. The zero-order valence-corrected chi connectivity index (χ0v) is 15.7. The molecule has 0 aromatic heterocycles. The second-order valence-corrected chi connectivity index (χ2v) is 6.70. The van der Waals surface area contributed by atoms with Gasteiger partial charge in [0.15, 0.2) is 0 Å². The zero-order chi connectivity index (χ0) is 18.2. The lowest BCUT2D eigenvalue weighted by Gasteiger charge is -2.08. The largest absolute Gasteiger partial charge is 0.497 e. The van der Waals surface area contributed by atoms with Gasteiger partial charge in [0, 0.05) is 5.57 Å². The van der Waals surface area contributed by atoms with Gasteiger partial charge in [0.25, 0.3) is 0 Å². The molecule has 0 bridgehead atoms. The lowest BCUT2D eigenvalue weighted by atomic mass is 10.0. The van der Waals surface area contributed by atoms with Gasteiger partial charge in [0.05, 0.1) is 7.11 Å². The van der Waals surface area contributed by atoms with Crippen molar-refractivity contribution in [2.45, 2.75) is 52.6 Å². The topological polar surface area (TPSA) is 35.5 Å². The van der Waals surface area contributed by atoms with E-state index in [1.54, 1.807) is 7.11 Å². The van der Waals surface area contributed by atoms with Crippen molar-refractivity contribution < 1.29 is 14.3 Å². The van der Waals surface area contributed by atoms with E-state index in [0.717, 1.165) is 42.6 Å². The van der Waals surface area contributed by atoms with Crippen LogP contribution in [0.15, 0.2) is 59.2 Å². The maximum atomic E-state index is 12.1. The predicted octanol–water partition coefficient (Wildman–Crippen LogP) is 5.69. The Bertz CT molecular complexity index is 674. The molecule has 1 atom stereocenters. The fraction of sp³-hybridized carbons (Fsp3) is 0.409. The van der Waals surface area contributed by atoms with Crippen LogP contribution < -0.4 is 4.74 Å². The number of allylic oxidation sites excluding steroid dienone is 4. The van der Waals surface area contributed by atoms with E-state index >= 15 is 0 Å². The Morgan fingerprint density at radius 2 is 1.84 bits per heavy atom. The summed E-state index contributed by atoms with van der Waals surface area (Å²) in [6.45, 7) is 6.40. The standard InChI is InChI=1S/C22H28O3/c1-16(2)7-5-8-17(3)9-6-10-19-15-21(25-22(19)23)18-11-13-20(24-4)14-12-18/h7,9,11-15,21H,5-6,8,10H2,1-4H3/b17-9+/t21-/m1/s1. The SMILES string of the molecule is COc1ccc([C@H]2C=C(CC/C=C(\C)CCC=C(C)C)C(=O)O2)cc1. The molecule has 0 radical (unpaired) electrons. The number of carbonyl (C=O) groups excluding carboxylic acids is 1. The van der Waals surface area contributed by atoms with Crippen molar-refractivity contribution in [1.29, 1.82) is 0 Å². The number of benzene rings is 1. The fourth-order valence-electron chi connectivity index (χ4n) is 2.78. The minimum Gasteiger partial charge on any atom is -0.497 e. The maximum Gasteiger partial charge on any atom is 0.334 e. The molecule has 0 saturated carbocycles. The lowest BCUT2D eigenvalue weighted by Crippen LogP contribution is -2.02. The van der Waals surface area contributed by atoms with Crippen LogP contribution >= 0.6 is 0 Å². The maximum absolute atomic E-state index is 12.1. The lowest BCUT2D eigenvalue weighted by molar-refractivity contribution is -0.140. The highest BCUT2D eigenvalue weighted by Crippen LogP contribution is 2.30. The Hall–Kier alpha value is -2.29. The van der Waals surface area contributed by atoms with Crippen molar-refractivity contribution in [2.75, 3.05) is 7.11 Å². The first-order chi connectivity index (χ1) is 12.0. The quantitative estimate of drug-likeness (QED) is 0.450. The minimum atomic E-state index is -0.281. The van der Waals surface area contributed by atoms with Gasteiger partial charge in [-0.2, -0.15) is 0 Å². The molecule has 1 aliphatic heterocycles. The molecule has 25 heavy (non-hydrogen) atoms. The highest BCUT2D eigenvalue weighted by molar-refractivity contribution is 5.91. The normalized spacial score (nSPS) is 17.1. The van der Waals surface area contributed by atoms with Gasteiger partial charge in [-0.25, -0.2) is 4.79 Å². The Balaban J connectivity index is 1.88. The first kappa shape index (κ1) is 19.0. The summed E-state index contributed by atoms with van der Waals surface area (Å²) in [6, 6.07) is 7.63. The molecule has 3 heteroatoms. The Labute approximate surface area is 151 Å². The number of rotatable bonds is 8. The second kappa shape index (κ2) is 9.26. The first-order valence-corrected chi connectivity index (χ1v) is 8.84. The van der Waals surface area contributed by atoms with Crippen molar-refractivity contribution in [2.24, 2.45) is 0 Å². The molecule has 0 N–H and O–H groups in total. The number of hydrogen-bond acceptors (Lipinski definition) is 3. The zero-order valence-electron chi connectivity index (χ0n) is 15.7. The molecular weight excluding hydrogens is 312 g/mol. The molecule has 0 unspecified atom stereocenters. The molecule has 0 saturated heterocycles. The summed E-state index contributed by atoms with van der Waals surface area (Å²) in [6.07, 6.45) is 9.90. The highest BCUT2D eigenvalue weighted by Gasteiger charge is 2.25. The van der Waals surface area contributed by atoms with Crippen LogP contribution in [0, 0.1) is 0 Å². The average Bonchev–Trinajstić information content (AvgIpc) is 2.95. The van der Waals surface area contributed by atoms with Gasteiger partial charge in [0.2, 0.25) is 0 Å². The number of carbonyl (C=O) groups is 1. The molecule has 0 spiro atoms. The van der Waals surface area contributed by atoms with Crippen LogP contribution in [-0.4, -0.2) is 13.1 Å². The molecule has 0 amide bonds. The third-order valence-corrected chi connectivity index (χ3v) is 4.29. The molecule has 3 nitrogen and oxygen atoms in total. The van der Waals surface area contributed by atoms with Crippen LogP contribution in [0.4, 0.5) is 0 Å². The van der Waals surface area contributed by atoms with Crippen LogP contribution in [-0.2, 0) is 9.53 Å². The number of ether oxygens (including phenoxy) is 2. The molecule has 134 valence electrons. The Morgan fingerprint density at radius 1 is 1.12 bits per heavy atom. The molecule has 1 aromatic rings. The van der Waals surface area contributed by atoms with E-state index in [1.807, 2.05) is 30.3 Å². The summed E-state index contributed by atoms with van der Waals surface area (Å²) in [5, 5.41) is 0. The smallest absolute Gasteiger partial charge is 0.334 e. The van der Waals surface area contributed by atoms with E-state index in [0.29, 0.717) is 0 Å². The van der Waals surface area contributed by atoms with E-state index in [4.69, 9.17) is 9.47 Å². The van der Waals surface area contributed by atoms with Gasteiger partial charge >= 0.3 is 5.97 Å². The molecule has 0 aliphatic carbocycles. The number of cyclic esters (lactones) is 1. The van der Waals surface area contributed by atoms with Crippen LogP contribution in [0.25, 0.3) is 0 Å². The van der Waals surface area contributed by atoms with E-state index in [-0.39, 0.29) is 12.1 Å². The summed E-state index contributed by atoms with van der Waals surface area (Å²) < 4.78 is 10.6. The highest BCUT2D eigenvalue weighted by atomic mass is 16.5. The minimum absolute atomic E-state index is 0.198. The van der Waals surface area contributed by atoms with Gasteiger partial charge in [-0.1, -0.05) is 35.4 Å². The molecule has 2 rings (SSSR count). The number of hydrogen-bond donors (Lipinski definition) is 0. The van der Waals surface area contributed by atoms with Gasteiger partial charge in [-0.3, -0.25) is 0 Å². The number of methoxy groups -OCH3 is 1. The fourth-order valence-corrected chi connectivity index (χ4v) is 2.78. The van der Waals surface area contributed by atoms with Crippen molar-refractivity contribution in [1.82, 2.24) is 0 Å². The van der Waals surface area contributed by atoms with E-state index in [1.165, 1.54) is 11.1 Å². The molecule has 0 fully saturated rings. The molecule has 1 aliphatic rings. The third kappa shape index (κ3) is 5.93. The summed E-state index contributed by atoms with van der Waals surface area (Å²) in [5.41, 5.74) is 4.47. The van der Waals surface area contributed by atoms with E-state index in [9.17, 15) is 4.79 Å². The summed E-state index contributed by atoms with van der Waals surface area (Å²) >= 11 is 0. The van der Waals surface area contributed by atoms with Gasteiger partial charge < -0.3 is 9.47 Å². The monoisotopic (exact) mass is 340 g/mol. The van der Waals surface area contributed by atoms with E-state index in [2.05, 4.69) is 32.9 Å². The van der Waals surface area contributed by atoms with Crippen molar-refractivity contribution in [3.8, 4) is 5.75 Å². The average molecular weight is 340 g/mol. The summed E-state index contributed by atoms with van der Waals surface area (Å²) in [4.78, 5) is 12.1. The van der Waals surface area contributed by atoms with E-state index < -0.39 is 0 Å². The van der Waals surface area contributed by atoms with Crippen molar-refractivity contribution >= 4 is 5.97 Å². The van der Waals surface area contributed by atoms with Gasteiger partial charge in [0.1, 0.15) is 11.9 Å². The van der Waals surface area contributed by atoms with Crippen LogP contribution in [0.5, 0.6) is 5.75 Å². The van der Waals surface area contributed by atoms with Crippen LogP contribution in [0.2, 0.25) is 0 Å². The summed E-state index contributed by atoms with van der Waals surface area (Å²) in [5.74, 6) is 0.599. The Morgan fingerprint density at radius 3 is 2.48 bits per heavy atom. The number of esters is 1. The molecule has 1 aromatic carbocycles.